The highest BCUT2D eigenvalue weighted by atomic mass is 32.2. The Morgan fingerprint density at radius 3 is 2.21 bits per heavy atom. The third kappa shape index (κ3) is 5.52. The highest BCUT2D eigenvalue weighted by molar-refractivity contribution is 7.99. The zero-order chi connectivity index (χ0) is 20.9. The molecule has 0 radical (unpaired) electrons. The smallest absolute Gasteiger partial charge is 0.243 e. The Kier molecular flexibility index (Phi) is 7.21. The zero-order valence-corrected chi connectivity index (χ0v) is 18.3. The van der Waals surface area contributed by atoms with E-state index >= 15 is 0 Å². The molecule has 1 aliphatic rings. The average Bonchev–Trinajstić information content (AvgIpc) is 2.75. The minimum atomic E-state index is -3.56. The van der Waals surface area contributed by atoms with Crippen LogP contribution in [0.15, 0.2) is 53.4 Å². The van der Waals surface area contributed by atoms with Crippen LogP contribution >= 0.6 is 11.8 Å². The van der Waals surface area contributed by atoms with Crippen molar-refractivity contribution in [1.82, 2.24) is 9.21 Å². The van der Waals surface area contributed by atoms with Crippen LogP contribution < -0.4 is 4.74 Å². The van der Waals surface area contributed by atoms with Gasteiger partial charge in [0.25, 0.3) is 0 Å². The van der Waals surface area contributed by atoms with Gasteiger partial charge in [0.15, 0.2) is 0 Å². The van der Waals surface area contributed by atoms with E-state index in [1.54, 1.807) is 48.0 Å². The standard InChI is InChI=1S/C21H26N2O4S2/c1-17-3-5-18(6-4-17)15-28-16-21(24)22-11-13-23(14-12-22)29(25,26)20-9-7-19(27-2)8-10-20/h3-10H,11-16H2,1-2H3. The van der Waals surface area contributed by atoms with E-state index < -0.39 is 10.0 Å². The van der Waals surface area contributed by atoms with Crippen LogP contribution in [0.5, 0.6) is 5.75 Å². The molecule has 29 heavy (non-hydrogen) atoms. The van der Waals surface area contributed by atoms with E-state index in [9.17, 15) is 13.2 Å². The van der Waals surface area contributed by atoms with E-state index in [4.69, 9.17) is 4.74 Å². The van der Waals surface area contributed by atoms with E-state index in [0.717, 1.165) is 5.75 Å². The fourth-order valence-corrected chi connectivity index (χ4v) is 5.42. The van der Waals surface area contributed by atoms with Crippen LogP contribution in [-0.2, 0) is 20.6 Å². The summed E-state index contributed by atoms with van der Waals surface area (Å²) in [6.07, 6.45) is 0. The highest BCUT2D eigenvalue weighted by Crippen LogP contribution is 2.21. The quantitative estimate of drug-likeness (QED) is 0.670. The van der Waals surface area contributed by atoms with Gasteiger partial charge in [0, 0.05) is 31.9 Å². The van der Waals surface area contributed by atoms with Gasteiger partial charge in [-0.2, -0.15) is 4.31 Å². The summed E-state index contributed by atoms with van der Waals surface area (Å²) < 4.78 is 32.1. The first-order valence-electron chi connectivity index (χ1n) is 9.45. The molecule has 2 aromatic carbocycles. The first-order chi connectivity index (χ1) is 13.9. The van der Waals surface area contributed by atoms with Crippen molar-refractivity contribution in [3.63, 3.8) is 0 Å². The third-order valence-electron chi connectivity index (χ3n) is 4.90. The maximum absolute atomic E-state index is 12.8. The predicted molar refractivity (Wildman–Crippen MR) is 116 cm³/mol. The molecule has 1 amide bonds. The molecule has 156 valence electrons. The summed E-state index contributed by atoms with van der Waals surface area (Å²) in [6.45, 7) is 3.50. The molecule has 1 aliphatic heterocycles. The second kappa shape index (κ2) is 9.65. The third-order valence-corrected chi connectivity index (χ3v) is 7.80. The number of aryl methyl sites for hydroxylation is 1. The van der Waals surface area contributed by atoms with Crippen molar-refractivity contribution in [3.05, 3.63) is 59.7 Å². The number of rotatable bonds is 7. The van der Waals surface area contributed by atoms with Gasteiger partial charge in [-0.1, -0.05) is 29.8 Å². The molecule has 0 bridgehead atoms. The van der Waals surface area contributed by atoms with Gasteiger partial charge in [-0.25, -0.2) is 8.42 Å². The molecule has 0 spiro atoms. The summed E-state index contributed by atoms with van der Waals surface area (Å²) in [6, 6.07) is 14.7. The van der Waals surface area contributed by atoms with Crippen LogP contribution in [0.1, 0.15) is 11.1 Å². The Bertz CT molecular complexity index is 920. The Hall–Kier alpha value is -2.03. The van der Waals surface area contributed by atoms with Crippen molar-refractivity contribution in [2.24, 2.45) is 0 Å². The van der Waals surface area contributed by atoms with E-state index in [0.29, 0.717) is 37.7 Å². The number of thioether (sulfide) groups is 1. The lowest BCUT2D eigenvalue weighted by atomic mass is 10.2. The molecular weight excluding hydrogens is 408 g/mol. The number of hydrogen-bond donors (Lipinski definition) is 0. The SMILES string of the molecule is COc1ccc(S(=O)(=O)N2CCN(C(=O)CSCc3ccc(C)cc3)CC2)cc1. The molecule has 2 aromatic rings. The zero-order valence-electron chi connectivity index (χ0n) is 16.7. The number of piperazine rings is 1. The Morgan fingerprint density at radius 2 is 1.62 bits per heavy atom. The van der Waals surface area contributed by atoms with Gasteiger partial charge >= 0.3 is 0 Å². The Balaban J connectivity index is 1.48. The van der Waals surface area contributed by atoms with Crippen molar-refractivity contribution < 1.29 is 17.9 Å². The van der Waals surface area contributed by atoms with Crippen LogP contribution in [-0.4, -0.2) is 62.6 Å². The molecule has 3 rings (SSSR count). The summed E-state index contributed by atoms with van der Waals surface area (Å²) >= 11 is 1.59. The Labute approximate surface area is 176 Å². The molecule has 0 atom stereocenters. The monoisotopic (exact) mass is 434 g/mol. The minimum Gasteiger partial charge on any atom is -0.497 e. The summed E-state index contributed by atoms with van der Waals surface area (Å²) in [5.41, 5.74) is 2.42. The molecule has 1 saturated heterocycles. The number of hydrogen-bond acceptors (Lipinski definition) is 5. The van der Waals surface area contributed by atoms with Gasteiger partial charge in [0.1, 0.15) is 5.75 Å². The van der Waals surface area contributed by atoms with Crippen LogP contribution in [0.4, 0.5) is 0 Å². The average molecular weight is 435 g/mol. The van der Waals surface area contributed by atoms with Crippen molar-refractivity contribution >= 4 is 27.7 Å². The number of carbonyl (C=O) groups excluding carboxylic acids is 1. The van der Waals surface area contributed by atoms with Gasteiger partial charge < -0.3 is 9.64 Å². The largest absolute Gasteiger partial charge is 0.497 e. The fourth-order valence-electron chi connectivity index (χ4n) is 3.11. The van der Waals surface area contributed by atoms with Crippen molar-refractivity contribution in [3.8, 4) is 5.75 Å². The predicted octanol–water partition coefficient (Wildman–Crippen LogP) is 2.77. The molecule has 0 saturated carbocycles. The number of ether oxygens (including phenoxy) is 1. The summed E-state index contributed by atoms with van der Waals surface area (Å²) in [5, 5.41) is 0. The van der Waals surface area contributed by atoms with Crippen LogP contribution in [0.2, 0.25) is 0 Å². The molecule has 8 heteroatoms. The van der Waals surface area contributed by atoms with Gasteiger partial charge in [0.2, 0.25) is 15.9 Å². The number of sulfonamides is 1. The van der Waals surface area contributed by atoms with Crippen LogP contribution in [0.25, 0.3) is 0 Å². The summed E-state index contributed by atoms with van der Waals surface area (Å²) in [7, 11) is -2.02. The minimum absolute atomic E-state index is 0.0589. The molecular formula is C21H26N2O4S2. The normalized spacial score (nSPS) is 15.3. The van der Waals surface area contributed by atoms with Gasteiger partial charge in [-0.15, -0.1) is 11.8 Å². The van der Waals surface area contributed by atoms with E-state index in [1.807, 2.05) is 0 Å². The van der Waals surface area contributed by atoms with E-state index in [1.165, 1.54) is 15.4 Å². The lowest BCUT2D eigenvalue weighted by Gasteiger charge is -2.34. The van der Waals surface area contributed by atoms with E-state index in [-0.39, 0.29) is 10.8 Å². The van der Waals surface area contributed by atoms with Crippen LogP contribution in [0.3, 0.4) is 0 Å². The number of carbonyl (C=O) groups is 1. The highest BCUT2D eigenvalue weighted by Gasteiger charge is 2.30. The molecule has 1 fully saturated rings. The van der Waals surface area contributed by atoms with Crippen molar-refractivity contribution in [2.45, 2.75) is 17.6 Å². The lowest BCUT2D eigenvalue weighted by molar-refractivity contribution is -0.129. The molecule has 0 N–H and O–H groups in total. The summed E-state index contributed by atoms with van der Waals surface area (Å²) in [4.78, 5) is 14.5. The summed E-state index contributed by atoms with van der Waals surface area (Å²) in [5.74, 6) is 1.86. The first-order valence-corrected chi connectivity index (χ1v) is 12.0. The van der Waals surface area contributed by atoms with E-state index in [2.05, 4.69) is 31.2 Å². The van der Waals surface area contributed by atoms with Gasteiger partial charge in [0.05, 0.1) is 17.8 Å². The van der Waals surface area contributed by atoms with Crippen LogP contribution in [0, 0.1) is 6.92 Å². The molecule has 0 aliphatic carbocycles. The number of benzene rings is 2. The number of amides is 1. The van der Waals surface area contributed by atoms with Gasteiger partial charge in [-0.3, -0.25) is 4.79 Å². The molecule has 6 nitrogen and oxygen atoms in total. The topological polar surface area (TPSA) is 66.9 Å². The molecule has 0 unspecified atom stereocenters. The lowest BCUT2D eigenvalue weighted by Crippen LogP contribution is -2.50. The maximum atomic E-state index is 12.8. The maximum Gasteiger partial charge on any atom is 0.243 e. The van der Waals surface area contributed by atoms with Crippen molar-refractivity contribution in [2.75, 3.05) is 39.0 Å². The number of nitrogens with zero attached hydrogens (tertiary/aromatic N) is 2. The Morgan fingerprint density at radius 1 is 1.00 bits per heavy atom. The number of methoxy groups -OCH3 is 1. The first kappa shape index (κ1) is 21.7. The molecule has 0 aromatic heterocycles. The second-order valence-corrected chi connectivity index (χ2v) is 9.86. The molecule has 1 heterocycles. The fraction of sp³-hybridized carbons (Fsp3) is 0.381. The van der Waals surface area contributed by atoms with Gasteiger partial charge in [-0.05, 0) is 36.8 Å². The van der Waals surface area contributed by atoms with Crippen molar-refractivity contribution in [1.29, 1.82) is 0 Å². The second-order valence-electron chi connectivity index (χ2n) is 6.94.